The van der Waals surface area contributed by atoms with Gasteiger partial charge in [0.05, 0.1) is 0 Å². The van der Waals surface area contributed by atoms with Gasteiger partial charge < -0.3 is 16.4 Å². The number of anilines is 1. The Morgan fingerprint density at radius 2 is 1.95 bits per heavy atom. The smallest absolute Gasteiger partial charge is 0.316 e. The molecule has 0 heterocycles. The van der Waals surface area contributed by atoms with E-state index in [1.165, 1.54) is 30.6 Å². The molecular formula is C15H25N3OS. The van der Waals surface area contributed by atoms with Gasteiger partial charge in [0.2, 0.25) is 0 Å². The minimum Gasteiger partial charge on any atom is -0.351 e. The van der Waals surface area contributed by atoms with Crippen molar-refractivity contribution >= 4 is 23.5 Å². The van der Waals surface area contributed by atoms with Crippen LogP contribution in [0.25, 0.3) is 0 Å². The molecule has 4 nitrogen and oxygen atoms in total. The van der Waals surface area contributed by atoms with Crippen molar-refractivity contribution in [3.63, 3.8) is 0 Å². The highest BCUT2D eigenvalue weighted by Gasteiger charge is 2.04. The lowest BCUT2D eigenvalue weighted by atomic mass is 10.1. The molecule has 0 fully saturated rings. The van der Waals surface area contributed by atoms with Gasteiger partial charge in [-0.1, -0.05) is 18.6 Å². The third-order valence-corrected chi connectivity index (χ3v) is 3.85. The van der Waals surface area contributed by atoms with E-state index in [-0.39, 0.29) is 0 Å². The van der Waals surface area contributed by atoms with Crippen molar-refractivity contribution < 1.29 is 4.79 Å². The summed E-state index contributed by atoms with van der Waals surface area (Å²) >= 11 is 1.91. The molecule has 0 aliphatic carbocycles. The van der Waals surface area contributed by atoms with E-state index >= 15 is 0 Å². The normalized spacial score (nSPS) is 12.1. The minimum absolute atomic E-state index is 0.318. The lowest BCUT2D eigenvalue weighted by Crippen LogP contribution is -2.20. The molecular weight excluding hydrogens is 270 g/mol. The number of urea groups is 1. The summed E-state index contributed by atoms with van der Waals surface area (Å²) < 4.78 is 0. The summed E-state index contributed by atoms with van der Waals surface area (Å²) in [5, 5.41) is 6.08. The summed E-state index contributed by atoms with van der Waals surface area (Å²) in [4.78, 5) is 10.7. The molecule has 0 aliphatic heterocycles. The van der Waals surface area contributed by atoms with E-state index < -0.39 is 6.03 Å². The molecule has 112 valence electrons. The maximum Gasteiger partial charge on any atom is 0.316 e. The Morgan fingerprint density at radius 1 is 1.25 bits per heavy atom. The van der Waals surface area contributed by atoms with Crippen LogP contribution in [-0.4, -0.2) is 24.6 Å². The minimum atomic E-state index is -0.533. The van der Waals surface area contributed by atoms with E-state index in [4.69, 9.17) is 5.73 Å². The second-order valence-electron chi connectivity index (χ2n) is 4.84. The van der Waals surface area contributed by atoms with Gasteiger partial charge in [-0.05, 0) is 56.0 Å². The number of rotatable bonds is 9. The molecule has 0 radical (unpaired) electrons. The molecule has 20 heavy (non-hydrogen) atoms. The standard InChI is InChI=1S/C15H25N3OS/c1-12(17-10-4-3-5-11-20-2)13-6-8-14(9-7-13)18-15(16)19/h6-9,12,17H,3-5,10-11H2,1-2H3,(H3,16,18,19). The molecule has 0 aromatic heterocycles. The van der Waals surface area contributed by atoms with Gasteiger partial charge in [-0.25, -0.2) is 4.79 Å². The summed E-state index contributed by atoms with van der Waals surface area (Å²) in [5.74, 6) is 1.25. The number of nitrogens with one attached hydrogen (secondary N) is 2. The molecule has 0 saturated carbocycles. The van der Waals surface area contributed by atoms with E-state index in [0.717, 1.165) is 12.2 Å². The number of carbonyl (C=O) groups is 1. The predicted molar refractivity (Wildman–Crippen MR) is 88.3 cm³/mol. The van der Waals surface area contributed by atoms with Crippen LogP contribution in [0.15, 0.2) is 24.3 Å². The molecule has 1 unspecified atom stereocenters. The monoisotopic (exact) mass is 295 g/mol. The largest absolute Gasteiger partial charge is 0.351 e. The fourth-order valence-electron chi connectivity index (χ4n) is 1.98. The number of unbranched alkanes of at least 4 members (excludes halogenated alkanes) is 2. The Hall–Kier alpha value is -1.20. The van der Waals surface area contributed by atoms with Crippen molar-refractivity contribution in [3.05, 3.63) is 29.8 Å². The molecule has 1 atom stereocenters. The van der Waals surface area contributed by atoms with Gasteiger partial charge in [-0.3, -0.25) is 0 Å². The lowest BCUT2D eigenvalue weighted by Gasteiger charge is -2.14. The van der Waals surface area contributed by atoms with Crippen LogP contribution in [0.4, 0.5) is 10.5 Å². The molecule has 0 saturated heterocycles. The van der Waals surface area contributed by atoms with Gasteiger partial charge in [0, 0.05) is 11.7 Å². The number of hydrogen-bond acceptors (Lipinski definition) is 3. The lowest BCUT2D eigenvalue weighted by molar-refractivity contribution is 0.259. The number of amides is 2. The van der Waals surface area contributed by atoms with Crippen LogP contribution in [0.5, 0.6) is 0 Å². The first-order chi connectivity index (χ1) is 9.63. The third kappa shape index (κ3) is 6.82. The summed E-state index contributed by atoms with van der Waals surface area (Å²) in [5.41, 5.74) is 7.01. The molecule has 0 spiro atoms. The first kappa shape index (κ1) is 16.9. The third-order valence-electron chi connectivity index (χ3n) is 3.15. The summed E-state index contributed by atoms with van der Waals surface area (Å²) in [6, 6.07) is 7.55. The van der Waals surface area contributed by atoms with Gasteiger partial charge in [-0.2, -0.15) is 11.8 Å². The molecule has 1 rings (SSSR count). The number of thioether (sulfide) groups is 1. The van der Waals surface area contributed by atoms with E-state index in [0.29, 0.717) is 6.04 Å². The number of benzene rings is 1. The summed E-state index contributed by atoms with van der Waals surface area (Å²) in [6.45, 7) is 3.19. The van der Waals surface area contributed by atoms with Gasteiger partial charge in [-0.15, -0.1) is 0 Å². The van der Waals surface area contributed by atoms with Crippen molar-refractivity contribution in [3.8, 4) is 0 Å². The zero-order valence-corrected chi connectivity index (χ0v) is 13.1. The Kier molecular flexibility index (Phi) is 8.14. The van der Waals surface area contributed by atoms with Crippen molar-refractivity contribution in [1.29, 1.82) is 0 Å². The van der Waals surface area contributed by atoms with Crippen LogP contribution < -0.4 is 16.4 Å². The van der Waals surface area contributed by atoms with Gasteiger partial charge in [0.15, 0.2) is 0 Å². The molecule has 5 heteroatoms. The Morgan fingerprint density at radius 3 is 2.55 bits per heavy atom. The SMILES string of the molecule is CSCCCCCNC(C)c1ccc(NC(N)=O)cc1. The molecule has 1 aromatic rings. The first-order valence-corrected chi connectivity index (χ1v) is 8.41. The molecule has 4 N–H and O–H groups in total. The van der Waals surface area contributed by atoms with Crippen LogP contribution in [-0.2, 0) is 0 Å². The van der Waals surface area contributed by atoms with E-state index in [2.05, 4.69) is 23.8 Å². The van der Waals surface area contributed by atoms with Crippen molar-refractivity contribution in [1.82, 2.24) is 5.32 Å². The van der Waals surface area contributed by atoms with Crippen LogP contribution >= 0.6 is 11.8 Å². The van der Waals surface area contributed by atoms with E-state index in [1.807, 2.05) is 36.0 Å². The summed E-state index contributed by atoms with van der Waals surface area (Å²) in [6.07, 6.45) is 5.94. The van der Waals surface area contributed by atoms with Gasteiger partial charge in [0.25, 0.3) is 0 Å². The quantitative estimate of drug-likeness (QED) is 0.612. The number of primary amides is 1. The van der Waals surface area contributed by atoms with Crippen LogP contribution in [0.1, 0.15) is 37.8 Å². The van der Waals surface area contributed by atoms with Crippen LogP contribution in [0, 0.1) is 0 Å². The zero-order valence-electron chi connectivity index (χ0n) is 12.3. The highest BCUT2D eigenvalue weighted by molar-refractivity contribution is 7.98. The van der Waals surface area contributed by atoms with Crippen LogP contribution in [0.2, 0.25) is 0 Å². The molecule has 0 bridgehead atoms. The average molecular weight is 295 g/mol. The fraction of sp³-hybridized carbons (Fsp3) is 0.533. The second-order valence-corrected chi connectivity index (χ2v) is 5.83. The Bertz CT molecular complexity index is 395. The average Bonchev–Trinajstić information content (AvgIpc) is 2.42. The van der Waals surface area contributed by atoms with Gasteiger partial charge >= 0.3 is 6.03 Å². The second kappa shape index (κ2) is 9.66. The summed E-state index contributed by atoms with van der Waals surface area (Å²) in [7, 11) is 0. The molecule has 2 amide bonds. The zero-order chi connectivity index (χ0) is 14.8. The fourth-order valence-corrected chi connectivity index (χ4v) is 2.47. The Labute approximate surface area is 125 Å². The number of hydrogen-bond donors (Lipinski definition) is 3. The van der Waals surface area contributed by atoms with E-state index in [9.17, 15) is 4.79 Å². The van der Waals surface area contributed by atoms with E-state index in [1.54, 1.807) is 0 Å². The predicted octanol–water partition coefficient (Wildman–Crippen LogP) is 3.36. The van der Waals surface area contributed by atoms with Crippen LogP contribution in [0.3, 0.4) is 0 Å². The highest BCUT2D eigenvalue weighted by Crippen LogP contribution is 2.16. The maximum absolute atomic E-state index is 10.7. The highest BCUT2D eigenvalue weighted by atomic mass is 32.2. The molecule has 1 aromatic carbocycles. The number of nitrogens with two attached hydrogens (primary N) is 1. The first-order valence-electron chi connectivity index (χ1n) is 7.02. The number of carbonyl (C=O) groups excluding carboxylic acids is 1. The van der Waals surface area contributed by atoms with Crippen molar-refractivity contribution in [2.75, 3.05) is 23.9 Å². The topological polar surface area (TPSA) is 67.2 Å². The van der Waals surface area contributed by atoms with Gasteiger partial charge in [0.1, 0.15) is 0 Å². The maximum atomic E-state index is 10.7. The van der Waals surface area contributed by atoms with Crippen molar-refractivity contribution in [2.24, 2.45) is 5.73 Å². The molecule has 0 aliphatic rings. The Balaban J connectivity index is 2.28. The van der Waals surface area contributed by atoms with Crippen molar-refractivity contribution in [2.45, 2.75) is 32.2 Å².